The Bertz CT molecular complexity index is 676. The number of benzene rings is 1. The molecule has 20 heavy (non-hydrogen) atoms. The first kappa shape index (κ1) is 13.1. The molecule has 1 aliphatic rings. The van der Waals surface area contributed by atoms with Gasteiger partial charge in [-0.15, -0.1) is 0 Å². The molecule has 1 aromatic carbocycles. The number of likely N-dealkylation sites (tertiary alicyclic amines) is 1. The fourth-order valence-electron chi connectivity index (χ4n) is 2.63. The van der Waals surface area contributed by atoms with Crippen LogP contribution in [0.4, 0.5) is 0 Å². The molecule has 1 N–H and O–H groups in total. The summed E-state index contributed by atoms with van der Waals surface area (Å²) in [6.07, 6.45) is 0.500. The SMILES string of the molecule is Cn1c(C2CC(=O)N(Cc3ccccc3)C2)n[nH]c1=S. The minimum atomic E-state index is 0.115. The van der Waals surface area contributed by atoms with Crippen molar-refractivity contribution in [3.05, 3.63) is 46.5 Å². The van der Waals surface area contributed by atoms with E-state index in [4.69, 9.17) is 12.2 Å². The molecule has 1 atom stereocenters. The van der Waals surface area contributed by atoms with Crippen LogP contribution in [0.2, 0.25) is 0 Å². The molecule has 0 bridgehead atoms. The van der Waals surface area contributed by atoms with Crippen LogP contribution >= 0.6 is 12.2 Å². The van der Waals surface area contributed by atoms with Gasteiger partial charge in [-0.3, -0.25) is 9.89 Å². The molecule has 1 saturated heterocycles. The van der Waals surface area contributed by atoms with Crippen LogP contribution in [0.15, 0.2) is 30.3 Å². The summed E-state index contributed by atoms with van der Waals surface area (Å²) in [6, 6.07) is 10.0. The Kier molecular flexibility index (Phi) is 3.40. The van der Waals surface area contributed by atoms with Crippen molar-refractivity contribution >= 4 is 18.1 Å². The molecule has 1 amide bonds. The Labute approximate surface area is 122 Å². The summed E-state index contributed by atoms with van der Waals surface area (Å²) >= 11 is 5.12. The molecule has 0 aliphatic carbocycles. The number of aromatic nitrogens is 3. The zero-order chi connectivity index (χ0) is 14.1. The second-order valence-corrected chi connectivity index (χ2v) is 5.49. The van der Waals surface area contributed by atoms with Crippen molar-refractivity contribution in [1.82, 2.24) is 19.7 Å². The molecule has 0 saturated carbocycles. The van der Waals surface area contributed by atoms with Crippen LogP contribution in [0.3, 0.4) is 0 Å². The van der Waals surface area contributed by atoms with Crippen LogP contribution in [0.25, 0.3) is 0 Å². The molecule has 1 fully saturated rings. The third-order valence-electron chi connectivity index (χ3n) is 3.71. The summed E-state index contributed by atoms with van der Waals surface area (Å²) in [4.78, 5) is 14.0. The topological polar surface area (TPSA) is 53.9 Å². The molecule has 1 unspecified atom stereocenters. The molecule has 1 aliphatic heterocycles. The number of carbonyl (C=O) groups excluding carboxylic acids is 1. The van der Waals surface area contributed by atoms with E-state index in [2.05, 4.69) is 10.2 Å². The van der Waals surface area contributed by atoms with Crippen molar-refractivity contribution in [2.75, 3.05) is 6.54 Å². The number of H-pyrrole nitrogens is 1. The van der Waals surface area contributed by atoms with E-state index >= 15 is 0 Å². The van der Waals surface area contributed by atoms with Crippen LogP contribution in [0.1, 0.15) is 23.7 Å². The molecular weight excluding hydrogens is 272 g/mol. The lowest BCUT2D eigenvalue weighted by atomic mass is 10.1. The van der Waals surface area contributed by atoms with E-state index in [1.54, 1.807) is 0 Å². The maximum atomic E-state index is 12.1. The molecule has 2 aromatic rings. The Balaban J connectivity index is 1.76. The van der Waals surface area contributed by atoms with E-state index in [9.17, 15) is 4.79 Å². The average Bonchev–Trinajstić information content (AvgIpc) is 2.96. The van der Waals surface area contributed by atoms with Gasteiger partial charge in [-0.1, -0.05) is 30.3 Å². The van der Waals surface area contributed by atoms with Gasteiger partial charge >= 0.3 is 0 Å². The lowest BCUT2D eigenvalue weighted by Gasteiger charge is -2.16. The van der Waals surface area contributed by atoms with Crippen molar-refractivity contribution < 1.29 is 4.79 Å². The maximum Gasteiger partial charge on any atom is 0.223 e. The van der Waals surface area contributed by atoms with Gasteiger partial charge in [-0.2, -0.15) is 5.10 Å². The highest BCUT2D eigenvalue weighted by Gasteiger charge is 2.33. The molecule has 1 aromatic heterocycles. The number of hydrogen-bond acceptors (Lipinski definition) is 3. The third-order valence-corrected chi connectivity index (χ3v) is 4.08. The second-order valence-electron chi connectivity index (χ2n) is 5.11. The van der Waals surface area contributed by atoms with Crippen LogP contribution in [0, 0.1) is 4.77 Å². The summed E-state index contributed by atoms with van der Waals surface area (Å²) in [5, 5.41) is 7.02. The van der Waals surface area contributed by atoms with Gasteiger partial charge < -0.3 is 9.47 Å². The summed E-state index contributed by atoms with van der Waals surface area (Å²) in [6.45, 7) is 1.35. The molecule has 6 heteroatoms. The highest BCUT2D eigenvalue weighted by atomic mass is 32.1. The molecule has 0 radical (unpaired) electrons. The minimum Gasteiger partial charge on any atom is -0.338 e. The molecule has 104 valence electrons. The molecular formula is C14H16N4OS. The van der Waals surface area contributed by atoms with Crippen molar-refractivity contribution in [3.8, 4) is 0 Å². The lowest BCUT2D eigenvalue weighted by molar-refractivity contribution is -0.128. The van der Waals surface area contributed by atoms with Crippen LogP contribution in [-0.4, -0.2) is 32.1 Å². The Morgan fingerprint density at radius 2 is 2.15 bits per heavy atom. The quantitative estimate of drug-likeness (QED) is 0.879. The molecule has 3 rings (SSSR count). The normalized spacial score (nSPS) is 18.8. The maximum absolute atomic E-state index is 12.1. The van der Waals surface area contributed by atoms with Crippen LogP contribution < -0.4 is 0 Å². The zero-order valence-corrected chi connectivity index (χ0v) is 12.1. The molecule has 0 spiro atoms. The number of hydrogen-bond donors (Lipinski definition) is 1. The summed E-state index contributed by atoms with van der Waals surface area (Å²) in [5.41, 5.74) is 1.15. The van der Waals surface area contributed by atoms with E-state index in [1.165, 1.54) is 0 Å². The van der Waals surface area contributed by atoms with Gasteiger partial charge in [0, 0.05) is 32.5 Å². The van der Waals surface area contributed by atoms with Crippen molar-refractivity contribution in [3.63, 3.8) is 0 Å². The smallest absolute Gasteiger partial charge is 0.223 e. The number of amides is 1. The second kappa shape index (κ2) is 5.20. The standard InChI is InChI=1S/C14H16N4OS/c1-17-13(15-16-14(17)20)11-7-12(19)18(9-11)8-10-5-3-2-4-6-10/h2-6,11H,7-9H2,1H3,(H,16,20). The van der Waals surface area contributed by atoms with Crippen LogP contribution in [0.5, 0.6) is 0 Å². The highest BCUT2D eigenvalue weighted by molar-refractivity contribution is 7.71. The van der Waals surface area contributed by atoms with Crippen molar-refractivity contribution in [2.24, 2.45) is 7.05 Å². The van der Waals surface area contributed by atoms with Crippen molar-refractivity contribution in [1.29, 1.82) is 0 Å². The van der Waals surface area contributed by atoms with Gasteiger partial charge in [0.15, 0.2) is 4.77 Å². The largest absolute Gasteiger partial charge is 0.338 e. The van der Waals surface area contributed by atoms with Crippen LogP contribution in [-0.2, 0) is 18.4 Å². The fourth-order valence-corrected chi connectivity index (χ4v) is 2.77. The number of aromatic amines is 1. The lowest BCUT2D eigenvalue weighted by Crippen LogP contribution is -2.24. The van der Waals surface area contributed by atoms with Gasteiger partial charge in [0.1, 0.15) is 5.82 Å². The van der Waals surface area contributed by atoms with Gasteiger partial charge in [0.2, 0.25) is 5.91 Å². The van der Waals surface area contributed by atoms with E-state index in [-0.39, 0.29) is 11.8 Å². The summed E-state index contributed by atoms with van der Waals surface area (Å²) in [7, 11) is 1.88. The number of nitrogens with one attached hydrogen (secondary N) is 1. The molecule has 5 nitrogen and oxygen atoms in total. The summed E-state index contributed by atoms with van der Waals surface area (Å²) in [5.74, 6) is 1.15. The van der Waals surface area contributed by atoms with E-state index in [0.717, 1.165) is 11.4 Å². The number of carbonyl (C=O) groups is 1. The Morgan fingerprint density at radius 3 is 2.80 bits per heavy atom. The van der Waals surface area contributed by atoms with Gasteiger partial charge in [-0.25, -0.2) is 0 Å². The van der Waals surface area contributed by atoms with Gasteiger partial charge in [-0.05, 0) is 17.8 Å². The predicted octanol–water partition coefficient (Wildman–Crippen LogP) is 1.99. The average molecular weight is 288 g/mol. The van der Waals surface area contributed by atoms with E-state index in [0.29, 0.717) is 24.3 Å². The number of rotatable bonds is 3. The first-order valence-corrected chi connectivity index (χ1v) is 6.99. The Hall–Kier alpha value is -1.95. The minimum absolute atomic E-state index is 0.115. The zero-order valence-electron chi connectivity index (χ0n) is 11.2. The monoisotopic (exact) mass is 288 g/mol. The first-order valence-electron chi connectivity index (χ1n) is 6.58. The third kappa shape index (κ3) is 2.38. The number of nitrogens with zero attached hydrogens (tertiary/aromatic N) is 3. The first-order chi connectivity index (χ1) is 9.65. The van der Waals surface area contributed by atoms with E-state index in [1.807, 2.05) is 46.8 Å². The fraction of sp³-hybridized carbons (Fsp3) is 0.357. The van der Waals surface area contributed by atoms with E-state index < -0.39 is 0 Å². The predicted molar refractivity (Wildman–Crippen MR) is 77.6 cm³/mol. The van der Waals surface area contributed by atoms with Gasteiger partial charge in [0.05, 0.1) is 0 Å². The van der Waals surface area contributed by atoms with Gasteiger partial charge in [0.25, 0.3) is 0 Å². The molecule has 2 heterocycles. The Morgan fingerprint density at radius 1 is 1.40 bits per heavy atom. The highest BCUT2D eigenvalue weighted by Crippen LogP contribution is 2.27. The summed E-state index contributed by atoms with van der Waals surface area (Å²) < 4.78 is 2.44. The van der Waals surface area contributed by atoms with Crippen molar-refractivity contribution in [2.45, 2.75) is 18.9 Å².